The number of ether oxygens (including phenoxy) is 1. The van der Waals surface area contributed by atoms with Crippen molar-refractivity contribution in [3.8, 4) is 5.75 Å². The number of anilines is 1. The lowest BCUT2D eigenvalue weighted by Crippen LogP contribution is -2.16. The van der Waals surface area contributed by atoms with Crippen LogP contribution in [0, 0.1) is 20.8 Å². The molecule has 0 aliphatic heterocycles. The van der Waals surface area contributed by atoms with Crippen LogP contribution in [0.15, 0.2) is 39.7 Å². The van der Waals surface area contributed by atoms with Gasteiger partial charge in [-0.3, -0.25) is 4.72 Å². The Morgan fingerprint density at radius 2 is 1.59 bits per heavy atom. The summed E-state index contributed by atoms with van der Waals surface area (Å²) in [5.74, 6) is 0.647. The zero-order valence-electron chi connectivity index (χ0n) is 12.9. The highest BCUT2D eigenvalue weighted by Gasteiger charge is 2.20. The Balaban J connectivity index is 2.44. The summed E-state index contributed by atoms with van der Waals surface area (Å²) in [5, 5.41) is 0. The maximum atomic E-state index is 12.7. The lowest BCUT2D eigenvalue weighted by molar-refractivity contribution is 0.413. The van der Waals surface area contributed by atoms with E-state index in [0.29, 0.717) is 22.6 Å². The van der Waals surface area contributed by atoms with Crippen molar-refractivity contribution < 1.29 is 13.2 Å². The molecule has 118 valence electrons. The van der Waals surface area contributed by atoms with Crippen molar-refractivity contribution >= 4 is 31.6 Å². The molecule has 0 spiro atoms. The lowest BCUT2D eigenvalue weighted by atomic mass is 10.1. The third kappa shape index (κ3) is 3.44. The van der Waals surface area contributed by atoms with E-state index in [-0.39, 0.29) is 4.90 Å². The minimum atomic E-state index is -3.65. The first kappa shape index (κ1) is 16.8. The first-order valence-electron chi connectivity index (χ1n) is 6.69. The number of methoxy groups -OCH3 is 1. The summed E-state index contributed by atoms with van der Waals surface area (Å²) >= 11 is 3.40. The van der Waals surface area contributed by atoms with Gasteiger partial charge in [-0.25, -0.2) is 8.42 Å². The van der Waals surface area contributed by atoms with Gasteiger partial charge in [-0.05, 0) is 67.8 Å². The molecule has 0 heterocycles. The molecule has 0 aliphatic carbocycles. The fraction of sp³-hybridized carbons (Fsp3) is 0.250. The predicted molar refractivity (Wildman–Crippen MR) is 92.2 cm³/mol. The number of halogens is 1. The molecule has 2 aromatic rings. The fourth-order valence-electron chi connectivity index (χ4n) is 2.37. The highest BCUT2D eigenvalue weighted by molar-refractivity contribution is 9.10. The molecule has 22 heavy (non-hydrogen) atoms. The molecule has 0 radical (unpaired) electrons. The van der Waals surface area contributed by atoms with E-state index in [4.69, 9.17) is 4.74 Å². The highest BCUT2D eigenvalue weighted by atomic mass is 79.9. The van der Waals surface area contributed by atoms with Gasteiger partial charge in [0.25, 0.3) is 10.0 Å². The summed E-state index contributed by atoms with van der Waals surface area (Å²) in [7, 11) is -2.09. The van der Waals surface area contributed by atoms with E-state index in [1.54, 1.807) is 45.2 Å². The van der Waals surface area contributed by atoms with E-state index in [2.05, 4.69) is 20.7 Å². The normalized spacial score (nSPS) is 11.3. The van der Waals surface area contributed by atoms with Crippen LogP contribution in [0.1, 0.15) is 16.7 Å². The Labute approximate surface area is 139 Å². The smallest absolute Gasteiger partial charge is 0.262 e. The molecular weight excluding hydrogens is 366 g/mol. The topological polar surface area (TPSA) is 55.4 Å². The summed E-state index contributed by atoms with van der Waals surface area (Å²) < 4.78 is 34.1. The lowest BCUT2D eigenvalue weighted by Gasteiger charge is -2.15. The average molecular weight is 384 g/mol. The van der Waals surface area contributed by atoms with Gasteiger partial charge in [-0.2, -0.15) is 0 Å². The number of benzene rings is 2. The molecule has 1 N–H and O–H groups in total. The molecule has 0 saturated carbocycles. The first-order valence-corrected chi connectivity index (χ1v) is 8.96. The van der Waals surface area contributed by atoms with Gasteiger partial charge in [0.15, 0.2) is 0 Å². The molecule has 0 aliphatic rings. The van der Waals surface area contributed by atoms with Crippen LogP contribution in [0.4, 0.5) is 5.69 Å². The molecule has 2 aromatic carbocycles. The summed E-state index contributed by atoms with van der Waals surface area (Å²) in [4.78, 5) is 0.286. The molecule has 0 saturated heterocycles. The molecule has 2 rings (SSSR count). The molecule has 0 fully saturated rings. The number of hydrogen-bond donors (Lipinski definition) is 1. The van der Waals surface area contributed by atoms with Gasteiger partial charge >= 0.3 is 0 Å². The number of hydrogen-bond acceptors (Lipinski definition) is 3. The monoisotopic (exact) mass is 383 g/mol. The molecular formula is C16H18BrNO3S. The summed E-state index contributed by atoms with van der Waals surface area (Å²) in [5.41, 5.74) is 2.80. The van der Waals surface area contributed by atoms with E-state index in [0.717, 1.165) is 10.0 Å². The molecule has 0 aromatic heterocycles. The zero-order valence-corrected chi connectivity index (χ0v) is 15.3. The first-order chi connectivity index (χ1) is 10.2. The van der Waals surface area contributed by atoms with Crippen molar-refractivity contribution in [2.75, 3.05) is 11.8 Å². The van der Waals surface area contributed by atoms with E-state index in [1.807, 2.05) is 13.0 Å². The standard InChI is InChI=1S/C16H18BrNO3S/c1-10-7-13(5-6-15(10)17)18-22(19,20)16-11(2)8-14(21-4)9-12(16)3/h5-9,18H,1-4H3. The van der Waals surface area contributed by atoms with Gasteiger partial charge in [0.2, 0.25) is 0 Å². The Bertz CT molecular complexity index is 793. The second kappa shape index (κ2) is 6.30. The largest absolute Gasteiger partial charge is 0.497 e. The molecule has 0 bridgehead atoms. The van der Waals surface area contributed by atoms with Gasteiger partial charge < -0.3 is 4.74 Å². The number of rotatable bonds is 4. The summed E-state index contributed by atoms with van der Waals surface area (Å²) in [6.45, 7) is 5.43. The van der Waals surface area contributed by atoms with E-state index < -0.39 is 10.0 Å². The minimum Gasteiger partial charge on any atom is -0.497 e. The van der Waals surface area contributed by atoms with Crippen LogP contribution in [0.2, 0.25) is 0 Å². The zero-order chi connectivity index (χ0) is 16.5. The third-order valence-electron chi connectivity index (χ3n) is 3.35. The van der Waals surface area contributed by atoms with Crippen molar-refractivity contribution in [3.05, 3.63) is 51.5 Å². The van der Waals surface area contributed by atoms with Crippen molar-refractivity contribution in [1.82, 2.24) is 0 Å². The Morgan fingerprint density at radius 1 is 1.00 bits per heavy atom. The Morgan fingerprint density at radius 3 is 2.09 bits per heavy atom. The summed E-state index contributed by atoms with van der Waals surface area (Å²) in [6, 6.07) is 8.77. The Hall–Kier alpha value is -1.53. The van der Waals surface area contributed by atoms with Gasteiger partial charge in [0, 0.05) is 10.2 Å². The van der Waals surface area contributed by atoms with Crippen molar-refractivity contribution in [1.29, 1.82) is 0 Å². The van der Waals surface area contributed by atoms with Crippen molar-refractivity contribution in [2.24, 2.45) is 0 Å². The SMILES string of the molecule is COc1cc(C)c(S(=O)(=O)Nc2ccc(Br)c(C)c2)c(C)c1. The fourth-order valence-corrected chi connectivity index (χ4v) is 4.12. The molecule has 4 nitrogen and oxygen atoms in total. The number of nitrogens with one attached hydrogen (secondary N) is 1. The Kier molecular flexibility index (Phi) is 4.82. The highest BCUT2D eigenvalue weighted by Crippen LogP contribution is 2.28. The third-order valence-corrected chi connectivity index (χ3v) is 5.92. The van der Waals surface area contributed by atoms with Crippen LogP contribution in [0.5, 0.6) is 5.75 Å². The molecule has 0 amide bonds. The van der Waals surface area contributed by atoms with Gasteiger partial charge in [-0.15, -0.1) is 0 Å². The van der Waals surface area contributed by atoms with Gasteiger partial charge in [-0.1, -0.05) is 15.9 Å². The van der Waals surface area contributed by atoms with Crippen LogP contribution in [-0.4, -0.2) is 15.5 Å². The predicted octanol–water partition coefficient (Wildman–Crippen LogP) is 4.18. The number of sulfonamides is 1. The van der Waals surface area contributed by atoms with Crippen LogP contribution in [-0.2, 0) is 10.0 Å². The van der Waals surface area contributed by atoms with Gasteiger partial charge in [0.1, 0.15) is 5.75 Å². The van der Waals surface area contributed by atoms with Crippen molar-refractivity contribution in [3.63, 3.8) is 0 Å². The van der Waals surface area contributed by atoms with Crippen LogP contribution < -0.4 is 9.46 Å². The average Bonchev–Trinajstić information content (AvgIpc) is 2.41. The molecule has 0 atom stereocenters. The minimum absolute atomic E-state index is 0.286. The van der Waals surface area contributed by atoms with E-state index >= 15 is 0 Å². The van der Waals surface area contributed by atoms with E-state index in [1.165, 1.54) is 0 Å². The molecule has 6 heteroatoms. The maximum absolute atomic E-state index is 12.7. The number of aryl methyl sites for hydroxylation is 3. The maximum Gasteiger partial charge on any atom is 0.262 e. The van der Waals surface area contributed by atoms with Crippen LogP contribution in [0.25, 0.3) is 0 Å². The second-order valence-electron chi connectivity index (χ2n) is 5.16. The summed E-state index contributed by atoms with van der Waals surface area (Å²) in [6.07, 6.45) is 0. The quantitative estimate of drug-likeness (QED) is 0.860. The molecule has 0 unspecified atom stereocenters. The van der Waals surface area contributed by atoms with Gasteiger partial charge in [0.05, 0.1) is 12.0 Å². The van der Waals surface area contributed by atoms with E-state index in [9.17, 15) is 8.42 Å². The second-order valence-corrected chi connectivity index (χ2v) is 7.63. The van der Waals surface area contributed by atoms with Crippen LogP contribution >= 0.6 is 15.9 Å². The van der Waals surface area contributed by atoms with Crippen molar-refractivity contribution in [2.45, 2.75) is 25.7 Å². The van der Waals surface area contributed by atoms with Crippen LogP contribution in [0.3, 0.4) is 0 Å².